The van der Waals surface area contributed by atoms with E-state index in [1.807, 2.05) is 18.2 Å². The predicted octanol–water partition coefficient (Wildman–Crippen LogP) is 1.99. The molecule has 1 aliphatic rings. The number of nitrogen functional groups attached to an aromatic ring is 1. The topological polar surface area (TPSA) is 93.3 Å². The van der Waals surface area contributed by atoms with Gasteiger partial charge in [-0.15, -0.1) is 0 Å². The molecule has 0 bridgehead atoms. The number of aromatic nitrogens is 2. The van der Waals surface area contributed by atoms with Crippen molar-refractivity contribution in [2.75, 3.05) is 18.2 Å². The molecule has 4 N–H and O–H groups in total. The molecular formula is C16H20N4O2. The second-order valence-electron chi connectivity index (χ2n) is 5.57. The number of rotatable bonds is 5. The minimum Gasteiger partial charge on any atom is -0.481 e. The van der Waals surface area contributed by atoms with E-state index in [-0.39, 0.29) is 18.1 Å². The first-order chi connectivity index (χ1) is 10.7. The van der Waals surface area contributed by atoms with Gasteiger partial charge in [-0.2, -0.15) is 9.97 Å². The maximum absolute atomic E-state index is 9.61. The lowest BCUT2D eigenvalue weighted by Gasteiger charge is -2.38. The lowest BCUT2D eigenvalue weighted by molar-refractivity contribution is 0.0339. The zero-order valence-corrected chi connectivity index (χ0v) is 12.4. The van der Waals surface area contributed by atoms with Crippen molar-refractivity contribution in [1.29, 1.82) is 0 Å². The van der Waals surface area contributed by atoms with Crippen LogP contribution in [0.15, 0.2) is 36.4 Å². The summed E-state index contributed by atoms with van der Waals surface area (Å²) in [5.41, 5.74) is 6.87. The van der Waals surface area contributed by atoms with Crippen molar-refractivity contribution in [3.05, 3.63) is 42.0 Å². The fourth-order valence-corrected chi connectivity index (χ4v) is 2.82. The monoisotopic (exact) mass is 300 g/mol. The smallest absolute Gasteiger partial charge is 0.225 e. The third-order valence-corrected chi connectivity index (χ3v) is 4.01. The van der Waals surface area contributed by atoms with E-state index in [9.17, 15) is 5.11 Å². The highest BCUT2D eigenvalue weighted by atomic mass is 16.5. The van der Waals surface area contributed by atoms with Crippen LogP contribution in [0.1, 0.15) is 24.4 Å². The van der Waals surface area contributed by atoms with Crippen molar-refractivity contribution in [3.63, 3.8) is 0 Å². The Morgan fingerprint density at radius 2 is 2.00 bits per heavy atom. The molecule has 1 saturated carbocycles. The van der Waals surface area contributed by atoms with Crippen LogP contribution in [0.3, 0.4) is 0 Å². The van der Waals surface area contributed by atoms with Gasteiger partial charge >= 0.3 is 0 Å². The van der Waals surface area contributed by atoms with Gasteiger partial charge in [0.05, 0.1) is 19.3 Å². The van der Waals surface area contributed by atoms with Crippen molar-refractivity contribution in [1.82, 2.24) is 9.97 Å². The summed E-state index contributed by atoms with van der Waals surface area (Å²) in [6, 6.07) is 11.9. The van der Waals surface area contributed by atoms with Gasteiger partial charge in [0, 0.05) is 6.07 Å². The van der Waals surface area contributed by atoms with E-state index in [0.717, 1.165) is 18.4 Å². The Bertz CT molecular complexity index is 629. The molecular weight excluding hydrogens is 280 g/mol. The first-order valence-corrected chi connectivity index (χ1v) is 7.34. The number of hydrogen-bond donors (Lipinski definition) is 3. The van der Waals surface area contributed by atoms with Crippen molar-refractivity contribution in [2.45, 2.75) is 25.0 Å². The highest BCUT2D eigenvalue weighted by molar-refractivity contribution is 5.45. The second-order valence-corrected chi connectivity index (χ2v) is 5.57. The molecule has 1 heterocycles. The van der Waals surface area contributed by atoms with Gasteiger partial charge in [0.25, 0.3) is 0 Å². The molecule has 1 fully saturated rings. The van der Waals surface area contributed by atoms with Gasteiger partial charge < -0.3 is 20.9 Å². The fourth-order valence-electron chi connectivity index (χ4n) is 2.82. The third-order valence-electron chi connectivity index (χ3n) is 4.01. The second kappa shape index (κ2) is 6.19. The molecule has 0 spiro atoms. The maximum atomic E-state index is 9.61. The normalized spacial score (nSPS) is 21.7. The summed E-state index contributed by atoms with van der Waals surface area (Å²) < 4.78 is 5.13. The van der Waals surface area contributed by atoms with E-state index in [1.165, 1.54) is 0 Å². The van der Waals surface area contributed by atoms with Crippen LogP contribution in [0, 0.1) is 5.92 Å². The number of nitrogens with two attached hydrogens (primary N) is 1. The lowest BCUT2D eigenvalue weighted by Crippen LogP contribution is -2.36. The molecule has 2 aromatic rings. The number of anilines is 2. The minimum atomic E-state index is -0.206. The van der Waals surface area contributed by atoms with Crippen molar-refractivity contribution >= 4 is 11.8 Å². The maximum Gasteiger partial charge on any atom is 0.225 e. The summed E-state index contributed by atoms with van der Waals surface area (Å²) >= 11 is 0. The number of aliphatic hydroxyl groups excluding tert-OH is 1. The Morgan fingerprint density at radius 3 is 2.64 bits per heavy atom. The minimum absolute atomic E-state index is 0.0728. The van der Waals surface area contributed by atoms with Gasteiger partial charge in [0.2, 0.25) is 11.8 Å². The summed E-state index contributed by atoms with van der Waals surface area (Å²) in [7, 11) is 1.54. The van der Waals surface area contributed by atoms with E-state index in [1.54, 1.807) is 13.2 Å². The molecule has 0 aliphatic heterocycles. The number of benzene rings is 1. The van der Waals surface area contributed by atoms with Gasteiger partial charge in [-0.3, -0.25) is 0 Å². The zero-order chi connectivity index (χ0) is 15.5. The number of nitrogens with one attached hydrogen (secondary N) is 1. The molecule has 116 valence electrons. The molecule has 1 atom stereocenters. The van der Waals surface area contributed by atoms with Crippen LogP contribution in [0.25, 0.3) is 0 Å². The third kappa shape index (κ3) is 3.12. The van der Waals surface area contributed by atoms with Crippen molar-refractivity contribution in [3.8, 4) is 5.88 Å². The van der Waals surface area contributed by atoms with E-state index in [2.05, 4.69) is 27.4 Å². The molecule has 1 aromatic carbocycles. The van der Waals surface area contributed by atoms with E-state index in [4.69, 9.17) is 10.5 Å². The van der Waals surface area contributed by atoms with E-state index < -0.39 is 0 Å². The van der Waals surface area contributed by atoms with Crippen LogP contribution in [0.5, 0.6) is 5.88 Å². The van der Waals surface area contributed by atoms with Crippen molar-refractivity contribution < 1.29 is 9.84 Å². The van der Waals surface area contributed by atoms with Crippen LogP contribution in [-0.4, -0.2) is 28.3 Å². The molecule has 22 heavy (non-hydrogen) atoms. The van der Waals surface area contributed by atoms with Crippen LogP contribution in [0.2, 0.25) is 0 Å². The number of hydrogen-bond acceptors (Lipinski definition) is 6. The van der Waals surface area contributed by atoms with Gasteiger partial charge in [0.1, 0.15) is 5.82 Å². The van der Waals surface area contributed by atoms with Crippen molar-refractivity contribution in [2.24, 2.45) is 5.92 Å². The first kappa shape index (κ1) is 14.6. The molecule has 3 rings (SSSR count). The quantitative estimate of drug-likeness (QED) is 0.782. The molecule has 0 amide bonds. The van der Waals surface area contributed by atoms with E-state index in [0.29, 0.717) is 17.6 Å². The number of nitrogens with zero attached hydrogens (tertiary/aromatic N) is 2. The average Bonchev–Trinajstić information content (AvgIpc) is 2.50. The SMILES string of the molecule is COc1cc(NC(c2ccccc2)C2CC(O)C2)nc(N)n1. The highest BCUT2D eigenvalue weighted by Crippen LogP contribution is 2.40. The predicted molar refractivity (Wildman–Crippen MR) is 84.5 cm³/mol. The fraction of sp³-hybridized carbons (Fsp3) is 0.375. The Hall–Kier alpha value is -2.34. The summed E-state index contributed by atoms with van der Waals surface area (Å²) in [5.74, 6) is 1.58. The van der Waals surface area contributed by atoms with Gasteiger partial charge in [-0.05, 0) is 24.3 Å². The van der Waals surface area contributed by atoms with Crippen LogP contribution in [-0.2, 0) is 0 Å². The zero-order valence-electron chi connectivity index (χ0n) is 12.4. The summed E-state index contributed by atoms with van der Waals surface area (Å²) in [6.07, 6.45) is 1.36. The number of ether oxygens (including phenoxy) is 1. The first-order valence-electron chi connectivity index (χ1n) is 7.34. The molecule has 6 heteroatoms. The molecule has 6 nitrogen and oxygen atoms in total. The summed E-state index contributed by atoms with van der Waals surface area (Å²) in [4.78, 5) is 8.21. The largest absolute Gasteiger partial charge is 0.481 e. The Labute approximate surface area is 129 Å². The molecule has 0 saturated heterocycles. The molecule has 1 aromatic heterocycles. The Balaban J connectivity index is 1.85. The summed E-state index contributed by atoms with van der Waals surface area (Å²) in [5, 5.41) is 13.0. The number of methoxy groups -OCH3 is 1. The van der Waals surface area contributed by atoms with Gasteiger partial charge in [-0.25, -0.2) is 0 Å². The Kier molecular flexibility index (Phi) is 4.11. The van der Waals surface area contributed by atoms with Crippen LogP contribution < -0.4 is 15.8 Å². The summed E-state index contributed by atoms with van der Waals surface area (Å²) in [6.45, 7) is 0. The van der Waals surface area contributed by atoms with Gasteiger partial charge in [-0.1, -0.05) is 30.3 Å². The standard InChI is InChI=1S/C16H20N4O2/c1-22-14-9-13(19-16(17)20-14)18-15(11-7-12(21)8-11)10-5-3-2-4-6-10/h2-6,9,11-12,15,21H,7-8H2,1H3,(H3,17,18,19,20). The Morgan fingerprint density at radius 1 is 1.27 bits per heavy atom. The van der Waals surface area contributed by atoms with Gasteiger partial charge in [0.15, 0.2) is 0 Å². The van der Waals surface area contributed by atoms with Crippen LogP contribution in [0.4, 0.5) is 11.8 Å². The lowest BCUT2D eigenvalue weighted by atomic mass is 9.75. The molecule has 1 aliphatic carbocycles. The van der Waals surface area contributed by atoms with Crippen LogP contribution >= 0.6 is 0 Å². The number of aliphatic hydroxyl groups is 1. The van der Waals surface area contributed by atoms with E-state index >= 15 is 0 Å². The molecule has 1 unspecified atom stereocenters. The average molecular weight is 300 g/mol. The highest BCUT2D eigenvalue weighted by Gasteiger charge is 2.35. The molecule has 0 radical (unpaired) electrons.